The van der Waals surface area contributed by atoms with Crippen molar-refractivity contribution in [1.29, 1.82) is 5.26 Å². The molecule has 1 amide bonds. The summed E-state index contributed by atoms with van der Waals surface area (Å²) in [5, 5.41) is 23.7. The average molecular weight is 448 g/mol. The highest BCUT2D eigenvalue weighted by atomic mass is 35.5. The zero-order valence-electron chi connectivity index (χ0n) is 15.8. The van der Waals surface area contributed by atoms with Gasteiger partial charge in [-0.25, -0.2) is 0 Å². The van der Waals surface area contributed by atoms with Crippen molar-refractivity contribution in [2.75, 3.05) is 11.1 Å². The summed E-state index contributed by atoms with van der Waals surface area (Å²) >= 11 is 8.76. The van der Waals surface area contributed by atoms with Crippen LogP contribution < -0.4 is 10.1 Å². The summed E-state index contributed by atoms with van der Waals surface area (Å²) in [5.74, 6) is 1.17. The highest BCUT2D eigenvalue weighted by Gasteiger charge is 2.20. The molecule has 1 aromatic carbocycles. The Morgan fingerprint density at radius 3 is 2.93 bits per heavy atom. The topological polar surface area (TPSA) is 92.8 Å². The summed E-state index contributed by atoms with van der Waals surface area (Å²) < 4.78 is 7.84. The molecule has 0 saturated carbocycles. The van der Waals surface area contributed by atoms with Crippen LogP contribution in [0.25, 0.3) is 0 Å². The zero-order chi connectivity index (χ0) is 20.8. The number of nitriles is 1. The molecule has 0 radical (unpaired) electrons. The SMILES string of the molecule is CCn1c(SCC(=O)Nc2sccc2C#N)nnc1C(C)Oc1ccccc1Cl. The number of halogens is 1. The van der Waals surface area contributed by atoms with Gasteiger partial charge in [-0.15, -0.1) is 21.5 Å². The van der Waals surface area contributed by atoms with E-state index in [9.17, 15) is 4.79 Å². The van der Waals surface area contributed by atoms with Crippen LogP contribution in [0.4, 0.5) is 5.00 Å². The van der Waals surface area contributed by atoms with Gasteiger partial charge < -0.3 is 14.6 Å². The minimum Gasteiger partial charge on any atom is -0.481 e. The Morgan fingerprint density at radius 2 is 2.21 bits per heavy atom. The van der Waals surface area contributed by atoms with E-state index in [4.69, 9.17) is 21.6 Å². The monoisotopic (exact) mass is 447 g/mol. The number of para-hydroxylation sites is 1. The molecule has 29 heavy (non-hydrogen) atoms. The van der Waals surface area contributed by atoms with Crippen molar-refractivity contribution in [3.63, 3.8) is 0 Å². The van der Waals surface area contributed by atoms with Crippen molar-refractivity contribution in [3.05, 3.63) is 52.1 Å². The predicted molar refractivity (Wildman–Crippen MR) is 115 cm³/mol. The molecule has 3 aromatic rings. The second-order valence-electron chi connectivity index (χ2n) is 5.89. The number of thioether (sulfide) groups is 1. The molecule has 2 aromatic heterocycles. The van der Waals surface area contributed by atoms with Crippen molar-refractivity contribution in [3.8, 4) is 11.8 Å². The Balaban J connectivity index is 1.65. The van der Waals surface area contributed by atoms with Crippen LogP contribution >= 0.6 is 34.7 Å². The fourth-order valence-corrected chi connectivity index (χ4v) is 4.32. The second-order valence-corrected chi connectivity index (χ2v) is 8.15. The molecule has 0 bridgehead atoms. The van der Waals surface area contributed by atoms with Gasteiger partial charge >= 0.3 is 0 Å². The lowest BCUT2D eigenvalue weighted by molar-refractivity contribution is -0.113. The molecule has 0 aliphatic heterocycles. The first-order chi connectivity index (χ1) is 14.0. The normalized spacial score (nSPS) is 11.7. The minimum absolute atomic E-state index is 0.153. The van der Waals surface area contributed by atoms with Crippen molar-refractivity contribution < 1.29 is 9.53 Å². The standard InChI is InChI=1S/C19H18ClN5O2S2/c1-3-25-17(12(2)27-15-7-5-4-6-14(15)20)23-24-19(25)29-11-16(26)22-18-13(10-21)8-9-28-18/h4-9,12H,3,11H2,1-2H3,(H,22,26). The van der Waals surface area contributed by atoms with Gasteiger partial charge in [0, 0.05) is 6.54 Å². The number of hydrogen-bond donors (Lipinski definition) is 1. The number of nitrogens with zero attached hydrogens (tertiary/aromatic N) is 4. The maximum absolute atomic E-state index is 12.2. The lowest BCUT2D eigenvalue weighted by atomic mass is 10.3. The minimum atomic E-state index is -0.366. The lowest BCUT2D eigenvalue weighted by Crippen LogP contribution is -2.15. The van der Waals surface area contributed by atoms with E-state index in [-0.39, 0.29) is 17.8 Å². The summed E-state index contributed by atoms with van der Waals surface area (Å²) in [6.07, 6.45) is -0.366. The molecule has 0 fully saturated rings. The molecule has 7 nitrogen and oxygen atoms in total. The molecular weight excluding hydrogens is 430 g/mol. The van der Waals surface area contributed by atoms with Crippen LogP contribution in [-0.2, 0) is 11.3 Å². The fraction of sp³-hybridized carbons (Fsp3) is 0.263. The smallest absolute Gasteiger partial charge is 0.235 e. The molecule has 0 aliphatic carbocycles. The van der Waals surface area contributed by atoms with Crippen LogP contribution in [0.5, 0.6) is 5.75 Å². The molecule has 3 rings (SSSR count). The van der Waals surface area contributed by atoms with Gasteiger partial charge in [-0.1, -0.05) is 35.5 Å². The Hall–Kier alpha value is -2.54. The first kappa shape index (κ1) is 21.2. The average Bonchev–Trinajstić information content (AvgIpc) is 3.34. The quantitative estimate of drug-likeness (QED) is 0.500. The maximum Gasteiger partial charge on any atom is 0.235 e. The Bertz CT molecular complexity index is 1040. The van der Waals surface area contributed by atoms with Crippen molar-refractivity contribution in [2.24, 2.45) is 0 Å². The highest BCUT2D eigenvalue weighted by molar-refractivity contribution is 7.99. The number of carbonyl (C=O) groups is 1. The summed E-state index contributed by atoms with van der Waals surface area (Å²) in [6, 6.07) is 11.0. The van der Waals surface area contributed by atoms with Gasteiger partial charge in [-0.2, -0.15) is 5.26 Å². The first-order valence-electron chi connectivity index (χ1n) is 8.78. The predicted octanol–water partition coefficient (Wildman–Crippen LogP) is 4.76. The van der Waals surface area contributed by atoms with Crippen LogP contribution in [0.2, 0.25) is 5.02 Å². The maximum atomic E-state index is 12.2. The van der Waals surface area contributed by atoms with Gasteiger partial charge in [0.2, 0.25) is 5.91 Å². The number of ether oxygens (including phenoxy) is 1. The number of benzene rings is 1. The third-order valence-corrected chi connectivity index (χ3v) is 6.05. The van der Waals surface area contributed by atoms with Gasteiger partial charge in [0.1, 0.15) is 16.8 Å². The number of hydrogen-bond acceptors (Lipinski definition) is 7. The third-order valence-electron chi connectivity index (χ3n) is 3.94. The highest BCUT2D eigenvalue weighted by Crippen LogP contribution is 2.29. The molecule has 2 heterocycles. The summed E-state index contributed by atoms with van der Waals surface area (Å²) in [4.78, 5) is 12.2. The van der Waals surface area contributed by atoms with E-state index in [1.807, 2.05) is 30.5 Å². The molecule has 150 valence electrons. The van der Waals surface area contributed by atoms with E-state index in [0.717, 1.165) is 0 Å². The van der Waals surface area contributed by atoms with Gasteiger partial charge in [-0.05, 0) is 37.4 Å². The number of thiophene rings is 1. The number of rotatable bonds is 8. The van der Waals surface area contributed by atoms with E-state index < -0.39 is 0 Å². The van der Waals surface area contributed by atoms with Crippen LogP contribution in [0.15, 0.2) is 40.9 Å². The van der Waals surface area contributed by atoms with Gasteiger partial charge in [0.25, 0.3) is 0 Å². The van der Waals surface area contributed by atoms with Crippen LogP contribution in [0.3, 0.4) is 0 Å². The van der Waals surface area contributed by atoms with Crippen LogP contribution in [0, 0.1) is 11.3 Å². The molecule has 10 heteroatoms. The molecular formula is C19H18ClN5O2S2. The second kappa shape index (κ2) is 9.78. The van der Waals surface area contributed by atoms with Gasteiger partial charge in [-0.3, -0.25) is 4.79 Å². The summed E-state index contributed by atoms with van der Waals surface area (Å²) in [7, 11) is 0. The van der Waals surface area contributed by atoms with E-state index >= 15 is 0 Å². The fourth-order valence-electron chi connectivity index (χ4n) is 2.58. The molecule has 0 saturated heterocycles. The molecule has 1 N–H and O–H groups in total. The van der Waals surface area contributed by atoms with E-state index in [0.29, 0.717) is 38.9 Å². The summed E-state index contributed by atoms with van der Waals surface area (Å²) in [5.41, 5.74) is 0.456. The Morgan fingerprint density at radius 1 is 1.41 bits per heavy atom. The van der Waals surface area contributed by atoms with E-state index in [1.54, 1.807) is 23.6 Å². The van der Waals surface area contributed by atoms with Crippen molar-refractivity contribution >= 4 is 45.6 Å². The lowest BCUT2D eigenvalue weighted by Gasteiger charge is -2.16. The van der Waals surface area contributed by atoms with Gasteiger partial charge in [0.05, 0.1) is 16.3 Å². The zero-order valence-corrected chi connectivity index (χ0v) is 18.1. The van der Waals surface area contributed by atoms with E-state index in [2.05, 4.69) is 21.6 Å². The number of carbonyl (C=O) groups excluding carboxylic acids is 1. The largest absolute Gasteiger partial charge is 0.481 e. The van der Waals surface area contributed by atoms with E-state index in [1.165, 1.54) is 23.1 Å². The van der Waals surface area contributed by atoms with Crippen molar-refractivity contribution in [2.45, 2.75) is 31.7 Å². The molecule has 1 atom stereocenters. The Labute approximate surface area is 181 Å². The first-order valence-corrected chi connectivity index (χ1v) is 11.0. The van der Waals surface area contributed by atoms with Gasteiger partial charge in [0.15, 0.2) is 17.1 Å². The van der Waals surface area contributed by atoms with Crippen LogP contribution in [0.1, 0.15) is 31.3 Å². The molecule has 0 aliphatic rings. The Kier molecular flexibility index (Phi) is 7.14. The molecule has 1 unspecified atom stereocenters. The van der Waals surface area contributed by atoms with Crippen molar-refractivity contribution in [1.82, 2.24) is 14.8 Å². The third kappa shape index (κ3) is 5.09. The van der Waals surface area contributed by atoms with Crippen LogP contribution in [-0.4, -0.2) is 26.4 Å². The number of amides is 1. The number of anilines is 1. The summed E-state index contributed by atoms with van der Waals surface area (Å²) in [6.45, 7) is 4.48. The number of nitrogens with one attached hydrogen (secondary N) is 1. The number of aromatic nitrogens is 3. The molecule has 0 spiro atoms.